The highest BCUT2D eigenvalue weighted by molar-refractivity contribution is 6.43. The Labute approximate surface area is 284 Å². The number of nitro benzene ring substituents is 1. The van der Waals surface area contributed by atoms with Crippen LogP contribution in [0.1, 0.15) is 0 Å². The minimum atomic E-state index is -0.437. The number of non-ortho nitro benzene ring substituents is 1. The normalized spacial score (nSPS) is 12.6. The van der Waals surface area contributed by atoms with Gasteiger partial charge in [-0.3, -0.25) is 28.5 Å². The summed E-state index contributed by atoms with van der Waals surface area (Å²) in [6.07, 6.45) is 0. The fraction of sp³-hybridized carbons (Fsp3) is 0.0769. The Hall–Kier alpha value is -7.08. The average Bonchev–Trinajstić information content (AvgIpc) is 3.71. The molecule has 4 heterocycles. The van der Waals surface area contributed by atoms with Gasteiger partial charge in [-0.15, -0.1) is 0 Å². The van der Waals surface area contributed by atoms with Gasteiger partial charge in [-0.25, -0.2) is 9.97 Å². The van der Waals surface area contributed by atoms with Gasteiger partial charge in [0.05, 0.1) is 43.1 Å². The van der Waals surface area contributed by atoms with Crippen molar-refractivity contribution in [3.63, 3.8) is 0 Å². The minimum absolute atomic E-state index is 0.203. The first-order valence-electron chi connectivity index (χ1n) is 16.3. The summed E-state index contributed by atoms with van der Waals surface area (Å²) >= 11 is 0. The second kappa shape index (κ2) is 8.93. The largest absolute Gasteiger partial charge is 0.398 e. The van der Waals surface area contributed by atoms with Crippen molar-refractivity contribution in [3.05, 3.63) is 104 Å². The Kier molecular flexibility index (Phi) is 4.87. The molecule has 0 saturated heterocycles. The van der Waals surface area contributed by atoms with Crippen LogP contribution in [0.2, 0.25) is 0 Å². The van der Waals surface area contributed by atoms with Crippen LogP contribution >= 0.6 is 0 Å². The van der Waals surface area contributed by atoms with Crippen LogP contribution in [0.15, 0.2) is 82.4 Å². The third kappa shape index (κ3) is 3.16. The number of pyridine rings is 2. The number of nitro groups is 1. The minimum Gasteiger partial charge on any atom is -0.398 e. The zero-order valence-corrected chi connectivity index (χ0v) is 27.3. The van der Waals surface area contributed by atoms with E-state index in [9.17, 15) is 19.7 Å². The summed E-state index contributed by atoms with van der Waals surface area (Å²) in [5.74, 6) is 0. The molecule has 0 amide bonds. The SMILES string of the molecule is CNc1ccc2c(c1)nc1c3ccc4c5c([N+](=O)[O-])cc6c(=O)n7c8ccc(N(C)C)cc8nc7c7ccc(c8c(N)cc(c(=O)n21)c3c48)c5c67. The number of nitrogens with two attached hydrogens (primary N) is 1. The van der Waals surface area contributed by atoms with Gasteiger partial charge in [0, 0.05) is 82.0 Å². The number of hydrogen-bond acceptors (Lipinski definition) is 9. The van der Waals surface area contributed by atoms with E-state index in [0.29, 0.717) is 92.9 Å². The highest BCUT2D eigenvalue weighted by atomic mass is 16.6. The van der Waals surface area contributed by atoms with E-state index in [0.717, 1.165) is 16.8 Å². The second-order valence-corrected chi connectivity index (χ2v) is 13.5. The first kappa shape index (κ1) is 27.8. The Morgan fingerprint density at radius 3 is 1.82 bits per heavy atom. The Bertz CT molecular complexity index is 3530. The monoisotopic (exact) mass is 668 g/mol. The standard InChI is InChI=1S/C39H24N8O4/c1-41-16-4-10-27-25(12-16)42-36-20-9-7-19-33-29(47(50)51)15-23-31-21(37-43-26-13-17(44(2)3)5-11-28(26)46(37)39(23)49)8-6-18(35(31)33)32-24(40)14-22(30(20)34(19)32)38(48)45(27)36/h4-15,41H,40H2,1-3H3. The van der Waals surface area contributed by atoms with Crippen molar-refractivity contribution in [2.75, 3.05) is 37.1 Å². The predicted molar refractivity (Wildman–Crippen MR) is 205 cm³/mol. The lowest BCUT2D eigenvalue weighted by molar-refractivity contribution is -0.382. The number of fused-ring (bicyclic) bond motifs is 10. The second-order valence-electron chi connectivity index (χ2n) is 13.5. The van der Waals surface area contributed by atoms with Crippen LogP contribution in [0.5, 0.6) is 0 Å². The van der Waals surface area contributed by atoms with E-state index < -0.39 is 4.92 Å². The molecular weight excluding hydrogens is 644 g/mol. The van der Waals surface area contributed by atoms with Crippen LogP contribution in [0, 0.1) is 10.1 Å². The third-order valence-electron chi connectivity index (χ3n) is 10.8. The highest BCUT2D eigenvalue weighted by Gasteiger charge is 2.29. The summed E-state index contributed by atoms with van der Waals surface area (Å²) in [6.45, 7) is 0. The van der Waals surface area contributed by atoms with Crippen LogP contribution in [0.25, 0.3) is 98.0 Å². The molecule has 0 saturated carbocycles. The van der Waals surface area contributed by atoms with Gasteiger partial charge in [-0.1, -0.05) is 12.1 Å². The third-order valence-corrected chi connectivity index (χ3v) is 10.8. The highest BCUT2D eigenvalue weighted by Crippen LogP contribution is 2.50. The molecule has 3 N–H and O–H groups in total. The lowest BCUT2D eigenvalue weighted by atomic mass is 9.84. The van der Waals surface area contributed by atoms with Gasteiger partial charge in [0.1, 0.15) is 11.3 Å². The molecule has 51 heavy (non-hydrogen) atoms. The van der Waals surface area contributed by atoms with E-state index in [1.54, 1.807) is 14.9 Å². The van der Waals surface area contributed by atoms with Gasteiger partial charge in [0.25, 0.3) is 16.8 Å². The quantitative estimate of drug-likeness (QED) is 0.0677. The predicted octanol–water partition coefficient (Wildman–Crippen LogP) is 6.84. The van der Waals surface area contributed by atoms with E-state index in [1.807, 2.05) is 86.7 Å². The molecule has 11 rings (SSSR count). The number of aromatic nitrogens is 4. The van der Waals surface area contributed by atoms with Gasteiger partial charge >= 0.3 is 0 Å². The van der Waals surface area contributed by atoms with Gasteiger partial charge in [0.2, 0.25) is 0 Å². The molecule has 0 fully saturated rings. The molecule has 12 nitrogen and oxygen atoms in total. The lowest BCUT2D eigenvalue weighted by Gasteiger charge is -2.19. The van der Waals surface area contributed by atoms with Gasteiger partial charge < -0.3 is 16.0 Å². The van der Waals surface area contributed by atoms with Crippen LogP contribution in [0.3, 0.4) is 0 Å². The first-order valence-corrected chi connectivity index (χ1v) is 16.3. The Balaban J connectivity index is 1.38. The summed E-state index contributed by atoms with van der Waals surface area (Å²) in [4.78, 5) is 53.1. The molecule has 244 valence electrons. The molecule has 0 spiro atoms. The first-order chi connectivity index (χ1) is 24.7. The number of benzene rings is 7. The Morgan fingerprint density at radius 2 is 1.22 bits per heavy atom. The van der Waals surface area contributed by atoms with E-state index in [2.05, 4.69) is 5.32 Å². The van der Waals surface area contributed by atoms with Crippen molar-refractivity contribution in [3.8, 4) is 0 Å². The number of nitrogen functional groups attached to an aromatic ring is 1. The fourth-order valence-electron chi connectivity index (χ4n) is 8.57. The van der Waals surface area contributed by atoms with Crippen LogP contribution < -0.4 is 27.1 Å². The maximum atomic E-state index is 14.4. The van der Waals surface area contributed by atoms with Gasteiger partial charge in [-0.2, -0.15) is 0 Å². The smallest absolute Gasteiger partial charge is 0.278 e. The van der Waals surface area contributed by atoms with Crippen molar-refractivity contribution >= 4 is 121 Å². The molecule has 11 aromatic rings. The molecule has 12 heteroatoms. The number of nitrogens with one attached hydrogen (secondary N) is 1. The summed E-state index contributed by atoms with van der Waals surface area (Å²) in [7, 11) is 5.69. The molecule has 7 aromatic carbocycles. The van der Waals surface area contributed by atoms with Crippen molar-refractivity contribution in [1.29, 1.82) is 0 Å². The van der Waals surface area contributed by atoms with Crippen LogP contribution in [0.4, 0.5) is 22.7 Å². The summed E-state index contributed by atoms with van der Waals surface area (Å²) < 4.78 is 3.16. The molecular formula is C39H24N8O4. The van der Waals surface area contributed by atoms with Crippen molar-refractivity contribution < 1.29 is 4.92 Å². The van der Waals surface area contributed by atoms with Crippen LogP contribution in [-0.2, 0) is 0 Å². The fourth-order valence-corrected chi connectivity index (χ4v) is 8.57. The molecule has 0 aliphatic carbocycles. The maximum Gasteiger partial charge on any atom is 0.278 e. The van der Waals surface area contributed by atoms with Crippen molar-refractivity contribution in [2.45, 2.75) is 0 Å². The number of hydrogen-bond donors (Lipinski definition) is 2. The Morgan fingerprint density at radius 1 is 0.667 bits per heavy atom. The number of nitrogens with zero attached hydrogens (tertiary/aromatic N) is 6. The number of rotatable bonds is 3. The van der Waals surface area contributed by atoms with E-state index in [-0.39, 0.29) is 22.2 Å². The van der Waals surface area contributed by atoms with Gasteiger partial charge in [-0.05, 0) is 65.4 Å². The molecule has 4 aromatic heterocycles. The van der Waals surface area contributed by atoms with Crippen LogP contribution in [-0.4, -0.2) is 44.8 Å². The van der Waals surface area contributed by atoms with Crippen molar-refractivity contribution in [2.24, 2.45) is 0 Å². The zero-order valence-electron chi connectivity index (χ0n) is 27.3. The van der Waals surface area contributed by atoms with E-state index in [1.165, 1.54) is 6.07 Å². The van der Waals surface area contributed by atoms with E-state index >= 15 is 0 Å². The molecule has 0 radical (unpaired) electrons. The maximum absolute atomic E-state index is 14.4. The number of imidazole rings is 2. The average molecular weight is 669 g/mol. The topological polar surface area (TPSA) is 153 Å². The molecule has 0 atom stereocenters. The molecule has 0 bridgehead atoms. The van der Waals surface area contributed by atoms with Gasteiger partial charge in [0.15, 0.2) is 0 Å². The summed E-state index contributed by atoms with van der Waals surface area (Å²) in [6, 6.07) is 22.0. The van der Waals surface area contributed by atoms with Crippen molar-refractivity contribution in [1.82, 2.24) is 18.8 Å². The summed E-state index contributed by atoms with van der Waals surface area (Å²) in [5, 5.41) is 22.8. The molecule has 0 aliphatic rings. The molecule has 0 unspecified atom stereocenters. The number of anilines is 3. The summed E-state index contributed by atoms with van der Waals surface area (Å²) in [5.41, 5.74) is 11.7. The zero-order chi connectivity index (χ0) is 34.8. The lowest BCUT2D eigenvalue weighted by Crippen LogP contribution is -2.15. The van der Waals surface area contributed by atoms with E-state index in [4.69, 9.17) is 15.7 Å². The molecule has 0 aliphatic heterocycles.